The molecule has 2 heterocycles. The van der Waals surface area contributed by atoms with Gasteiger partial charge in [-0.2, -0.15) is 4.31 Å². The molecule has 3 aromatic rings. The number of piperidine rings is 1. The van der Waals surface area contributed by atoms with E-state index in [4.69, 9.17) is 0 Å². The molecule has 1 N–H and O–H groups in total. The minimum absolute atomic E-state index is 0.0529. The van der Waals surface area contributed by atoms with Crippen molar-refractivity contribution in [3.8, 4) is 0 Å². The van der Waals surface area contributed by atoms with E-state index in [0.29, 0.717) is 29.8 Å². The summed E-state index contributed by atoms with van der Waals surface area (Å²) in [5.41, 5.74) is -0.0978. The fourth-order valence-electron chi connectivity index (χ4n) is 3.97. The third-order valence-electron chi connectivity index (χ3n) is 5.49. The number of hydrogen-bond acceptors (Lipinski definition) is 4. The predicted octanol–water partition coefficient (Wildman–Crippen LogP) is 3.54. The van der Waals surface area contributed by atoms with Crippen LogP contribution in [0.5, 0.6) is 0 Å². The van der Waals surface area contributed by atoms with Crippen molar-refractivity contribution in [2.45, 2.75) is 29.8 Å². The van der Waals surface area contributed by atoms with Crippen LogP contribution in [-0.4, -0.2) is 35.9 Å². The number of sulfonamides is 1. The fraction of sp³-hybridized carbons (Fsp3) is 0.261. The molecule has 29 heavy (non-hydrogen) atoms. The van der Waals surface area contributed by atoms with Crippen LogP contribution in [0.1, 0.15) is 36.0 Å². The first kappa shape index (κ1) is 19.8. The molecule has 0 unspecified atom stereocenters. The largest absolute Gasteiger partial charge is 0.376 e. The van der Waals surface area contributed by atoms with Crippen LogP contribution in [0.15, 0.2) is 84.0 Å². The number of aliphatic hydroxyl groups is 1. The summed E-state index contributed by atoms with van der Waals surface area (Å²) >= 11 is 0. The minimum Gasteiger partial charge on any atom is -0.376 e. The van der Waals surface area contributed by atoms with E-state index in [2.05, 4.69) is 4.98 Å². The van der Waals surface area contributed by atoms with Crippen LogP contribution >= 0.6 is 0 Å². The Bertz CT molecular complexity index is 1020. The van der Waals surface area contributed by atoms with E-state index in [9.17, 15) is 13.5 Å². The molecule has 2 aromatic carbocycles. The zero-order chi connectivity index (χ0) is 20.3. The second-order valence-electron chi connectivity index (χ2n) is 7.28. The van der Waals surface area contributed by atoms with E-state index in [-0.39, 0.29) is 4.90 Å². The number of pyridine rings is 1. The summed E-state index contributed by atoms with van der Waals surface area (Å²) in [5.74, 6) is 0. The summed E-state index contributed by atoms with van der Waals surface area (Å²) in [6, 6.07) is 19.9. The molecule has 0 aliphatic carbocycles. The summed E-state index contributed by atoms with van der Waals surface area (Å²) in [7, 11) is -3.78. The lowest BCUT2D eigenvalue weighted by atomic mass is 9.81. The van der Waals surface area contributed by atoms with E-state index in [1.165, 1.54) is 16.7 Å². The van der Waals surface area contributed by atoms with Crippen LogP contribution < -0.4 is 0 Å². The number of nitrogens with zero attached hydrogens (tertiary/aromatic N) is 2. The molecule has 6 heteroatoms. The lowest BCUT2D eigenvalue weighted by molar-refractivity contribution is 0.122. The van der Waals surface area contributed by atoms with E-state index in [1.54, 1.807) is 6.07 Å². The van der Waals surface area contributed by atoms with Crippen LogP contribution in [-0.2, 0) is 15.6 Å². The standard InChI is InChI=1S/C23H24N2O3S/c26-23(19-10-4-1-5-11-19,20-12-6-2-7-13-20)21-14-15-24-18-22(21)29(27,28)25-16-8-3-9-17-25/h1-2,4-7,10-15,18,26H,3,8-9,16-17H2. The quantitative estimate of drug-likeness (QED) is 0.701. The van der Waals surface area contributed by atoms with E-state index in [0.717, 1.165) is 19.3 Å². The number of aromatic nitrogens is 1. The zero-order valence-electron chi connectivity index (χ0n) is 16.1. The molecule has 1 aliphatic rings. The van der Waals surface area contributed by atoms with Crippen molar-refractivity contribution >= 4 is 10.0 Å². The predicted molar refractivity (Wildman–Crippen MR) is 112 cm³/mol. The molecule has 0 atom stereocenters. The molecule has 1 aliphatic heterocycles. The van der Waals surface area contributed by atoms with Gasteiger partial charge in [0.1, 0.15) is 10.5 Å². The summed E-state index contributed by atoms with van der Waals surface area (Å²) < 4.78 is 28.5. The molecule has 1 saturated heterocycles. The molecule has 0 spiro atoms. The monoisotopic (exact) mass is 408 g/mol. The highest BCUT2D eigenvalue weighted by Gasteiger charge is 2.40. The summed E-state index contributed by atoms with van der Waals surface area (Å²) in [4.78, 5) is 4.14. The second-order valence-corrected chi connectivity index (χ2v) is 9.19. The molecular formula is C23H24N2O3S. The Kier molecular flexibility index (Phi) is 5.50. The van der Waals surface area contributed by atoms with Gasteiger partial charge in [0.2, 0.25) is 10.0 Å². The highest BCUT2D eigenvalue weighted by atomic mass is 32.2. The van der Waals surface area contributed by atoms with E-state index in [1.807, 2.05) is 60.7 Å². The Labute approximate surface area is 171 Å². The Morgan fingerprint density at radius 2 is 1.38 bits per heavy atom. The first-order valence-electron chi connectivity index (χ1n) is 9.82. The molecule has 4 rings (SSSR count). The zero-order valence-corrected chi connectivity index (χ0v) is 16.9. The summed E-state index contributed by atoms with van der Waals surface area (Å²) in [5, 5.41) is 12.1. The Balaban J connectivity index is 1.94. The van der Waals surface area contributed by atoms with Crippen molar-refractivity contribution in [2.24, 2.45) is 0 Å². The maximum absolute atomic E-state index is 13.5. The van der Waals surface area contributed by atoms with Gasteiger partial charge in [-0.05, 0) is 30.0 Å². The maximum Gasteiger partial charge on any atom is 0.245 e. The van der Waals surface area contributed by atoms with Crippen molar-refractivity contribution in [3.63, 3.8) is 0 Å². The van der Waals surface area contributed by atoms with Gasteiger partial charge in [-0.15, -0.1) is 0 Å². The third kappa shape index (κ3) is 3.59. The Hall–Kier alpha value is -2.54. The summed E-state index contributed by atoms with van der Waals surface area (Å²) in [6.07, 6.45) is 5.61. The number of benzene rings is 2. The van der Waals surface area contributed by atoms with Crippen LogP contribution in [0.3, 0.4) is 0 Å². The Morgan fingerprint density at radius 3 is 1.93 bits per heavy atom. The average molecular weight is 409 g/mol. The molecule has 0 amide bonds. The maximum atomic E-state index is 13.5. The minimum atomic E-state index is -3.78. The number of hydrogen-bond donors (Lipinski definition) is 1. The molecule has 1 aromatic heterocycles. The van der Waals surface area contributed by atoms with Gasteiger partial charge < -0.3 is 5.11 Å². The van der Waals surface area contributed by atoms with Crippen LogP contribution in [0.2, 0.25) is 0 Å². The number of rotatable bonds is 5. The van der Waals surface area contributed by atoms with E-state index >= 15 is 0 Å². The Morgan fingerprint density at radius 1 is 0.828 bits per heavy atom. The van der Waals surface area contributed by atoms with Crippen molar-refractivity contribution < 1.29 is 13.5 Å². The molecule has 0 bridgehead atoms. The normalized spacial score (nSPS) is 15.9. The molecule has 1 fully saturated rings. The lowest BCUT2D eigenvalue weighted by Crippen LogP contribution is -2.38. The van der Waals surface area contributed by atoms with Crippen molar-refractivity contribution in [1.82, 2.24) is 9.29 Å². The molecular weight excluding hydrogens is 384 g/mol. The first-order chi connectivity index (χ1) is 14.0. The van der Waals surface area contributed by atoms with Gasteiger partial charge in [0.05, 0.1) is 0 Å². The van der Waals surface area contributed by atoms with Gasteiger partial charge in [-0.3, -0.25) is 4.98 Å². The highest BCUT2D eigenvalue weighted by molar-refractivity contribution is 7.89. The molecule has 150 valence electrons. The van der Waals surface area contributed by atoms with Crippen molar-refractivity contribution in [3.05, 3.63) is 95.8 Å². The average Bonchev–Trinajstić information content (AvgIpc) is 2.80. The van der Waals surface area contributed by atoms with Gasteiger partial charge in [0, 0.05) is 31.0 Å². The first-order valence-corrected chi connectivity index (χ1v) is 11.3. The van der Waals surface area contributed by atoms with Crippen molar-refractivity contribution in [2.75, 3.05) is 13.1 Å². The van der Waals surface area contributed by atoms with E-state index < -0.39 is 15.6 Å². The van der Waals surface area contributed by atoms with Gasteiger partial charge in [-0.1, -0.05) is 67.1 Å². The van der Waals surface area contributed by atoms with Crippen molar-refractivity contribution in [1.29, 1.82) is 0 Å². The molecule has 0 saturated carbocycles. The smallest absolute Gasteiger partial charge is 0.245 e. The van der Waals surface area contributed by atoms with Crippen LogP contribution in [0, 0.1) is 0 Å². The van der Waals surface area contributed by atoms with Gasteiger partial charge >= 0.3 is 0 Å². The summed E-state index contributed by atoms with van der Waals surface area (Å²) in [6.45, 7) is 0.984. The topological polar surface area (TPSA) is 70.5 Å². The van der Waals surface area contributed by atoms with Gasteiger partial charge in [-0.25, -0.2) is 8.42 Å². The fourth-order valence-corrected chi connectivity index (χ4v) is 5.67. The molecule has 0 radical (unpaired) electrons. The highest BCUT2D eigenvalue weighted by Crippen LogP contribution is 2.40. The second kappa shape index (κ2) is 8.06. The van der Waals surface area contributed by atoms with Gasteiger partial charge in [0.15, 0.2) is 0 Å². The lowest BCUT2D eigenvalue weighted by Gasteiger charge is -2.33. The third-order valence-corrected chi connectivity index (χ3v) is 7.42. The van der Waals surface area contributed by atoms with Crippen LogP contribution in [0.4, 0.5) is 0 Å². The van der Waals surface area contributed by atoms with Gasteiger partial charge in [0.25, 0.3) is 0 Å². The SMILES string of the molecule is O=S(=O)(c1cnccc1C(O)(c1ccccc1)c1ccccc1)N1CCCCC1. The van der Waals surface area contributed by atoms with Crippen LogP contribution in [0.25, 0.3) is 0 Å². The molecule has 5 nitrogen and oxygen atoms in total.